The number of aromatic nitrogens is 1. The number of alkyl halides is 2. The van der Waals surface area contributed by atoms with Gasteiger partial charge in [-0.05, 0) is 0 Å². The van der Waals surface area contributed by atoms with Crippen molar-refractivity contribution in [1.29, 1.82) is 0 Å². The van der Waals surface area contributed by atoms with E-state index in [9.17, 15) is 17.2 Å². The highest BCUT2D eigenvalue weighted by molar-refractivity contribution is 7.89. The van der Waals surface area contributed by atoms with Crippen LogP contribution in [0.5, 0.6) is 5.75 Å². The van der Waals surface area contributed by atoms with Gasteiger partial charge in [0.2, 0.25) is 10.0 Å². The van der Waals surface area contributed by atoms with Gasteiger partial charge in [-0.25, -0.2) is 22.3 Å². The highest BCUT2D eigenvalue weighted by Gasteiger charge is 2.25. The highest BCUT2D eigenvalue weighted by Crippen LogP contribution is 2.32. The Morgan fingerprint density at radius 3 is 2.47 bits per heavy atom. The van der Waals surface area contributed by atoms with Crippen molar-refractivity contribution in [2.45, 2.75) is 11.3 Å². The number of nitrogens with zero attached hydrogens (tertiary/aromatic N) is 1. The van der Waals surface area contributed by atoms with Crippen LogP contribution in [0.25, 0.3) is 0 Å². The van der Waals surface area contributed by atoms with Gasteiger partial charge in [0.25, 0.3) is 6.43 Å². The van der Waals surface area contributed by atoms with Crippen molar-refractivity contribution < 1.29 is 21.9 Å². The molecule has 0 aromatic carbocycles. The Morgan fingerprint density at radius 2 is 2.07 bits per heavy atom. The maximum atomic E-state index is 12.6. The fraction of sp³-hybridized carbons (Fsp3) is 0.286. The fourth-order valence-electron chi connectivity index (χ4n) is 1.04. The van der Waals surface area contributed by atoms with Crippen LogP contribution >= 0.6 is 0 Å². The summed E-state index contributed by atoms with van der Waals surface area (Å²) in [5, 5.41) is 4.76. The van der Waals surface area contributed by atoms with Crippen molar-refractivity contribution in [3.05, 3.63) is 18.0 Å². The molecule has 5 nitrogen and oxygen atoms in total. The van der Waals surface area contributed by atoms with Crippen LogP contribution in [-0.4, -0.2) is 20.5 Å². The molecule has 0 fully saturated rings. The summed E-state index contributed by atoms with van der Waals surface area (Å²) in [4.78, 5) is 2.72. The van der Waals surface area contributed by atoms with E-state index < -0.39 is 26.9 Å². The number of hydrogen-bond donors (Lipinski definition) is 1. The minimum absolute atomic E-state index is 0.309. The number of rotatable bonds is 3. The Morgan fingerprint density at radius 1 is 1.47 bits per heavy atom. The summed E-state index contributed by atoms with van der Waals surface area (Å²) in [6.07, 6.45) is -1.24. The fourth-order valence-corrected chi connectivity index (χ4v) is 1.74. The first kappa shape index (κ1) is 11.8. The number of nitrogens with two attached hydrogens (primary N) is 1. The first-order valence-electron chi connectivity index (χ1n) is 3.70. The molecule has 15 heavy (non-hydrogen) atoms. The average Bonchev–Trinajstić information content (AvgIpc) is 2.15. The van der Waals surface area contributed by atoms with Gasteiger partial charge in [0.1, 0.15) is 10.6 Å². The van der Waals surface area contributed by atoms with Gasteiger partial charge < -0.3 is 4.74 Å². The first-order valence-corrected chi connectivity index (χ1v) is 5.25. The van der Waals surface area contributed by atoms with Gasteiger partial charge in [-0.2, -0.15) is 0 Å². The lowest BCUT2D eigenvalue weighted by Gasteiger charge is -2.10. The highest BCUT2D eigenvalue weighted by atomic mass is 32.2. The third-order valence-electron chi connectivity index (χ3n) is 1.66. The van der Waals surface area contributed by atoms with E-state index in [1.54, 1.807) is 0 Å². The van der Waals surface area contributed by atoms with Gasteiger partial charge >= 0.3 is 0 Å². The quantitative estimate of drug-likeness (QED) is 0.839. The molecule has 0 bridgehead atoms. The maximum Gasteiger partial charge on any atom is 0.268 e. The van der Waals surface area contributed by atoms with Crippen molar-refractivity contribution in [2.24, 2.45) is 5.14 Å². The number of halogens is 2. The molecule has 1 rings (SSSR count). The van der Waals surface area contributed by atoms with Gasteiger partial charge in [0.15, 0.2) is 0 Å². The predicted molar refractivity (Wildman–Crippen MR) is 47.1 cm³/mol. The maximum absolute atomic E-state index is 12.6. The Kier molecular flexibility index (Phi) is 3.20. The van der Waals surface area contributed by atoms with Gasteiger partial charge in [-0.1, -0.05) is 0 Å². The molecule has 0 saturated carbocycles. The van der Waals surface area contributed by atoms with Crippen LogP contribution in [-0.2, 0) is 10.0 Å². The van der Waals surface area contributed by atoms with Crippen molar-refractivity contribution in [3.63, 3.8) is 0 Å². The monoisotopic (exact) mass is 238 g/mol. The molecule has 0 aliphatic carbocycles. The summed E-state index contributed by atoms with van der Waals surface area (Å²) in [5.74, 6) is -0.309. The smallest absolute Gasteiger partial charge is 0.268 e. The molecule has 1 aromatic heterocycles. The second-order valence-corrected chi connectivity index (χ2v) is 4.13. The third kappa shape index (κ3) is 2.39. The summed E-state index contributed by atoms with van der Waals surface area (Å²) in [7, 11) is -3.10. The zero-order chi connectivity index (χ0) is 11.6. The normalized spacial score (nSPS) is 11.8. The van der Waals surface area contributed by atoms with E-state index in [0.717, 1.165) is 19.5 Å². The summed E-state index contributed by atoms with van der Waals surface area (Å²) >= 11 is 0. The lowest BCUT2D eigenvalue weighted by molar-refractivity contribution is 0.143. The molecule has 1 aromatic rings. The van der Waals surface area contributed by atoms with Gasteiger partial charge in [0, 0.05) is 6.20 Å². The molecule has 0 amide bonds. The van der Waals surface area contributed by atoms with E-state index in [1.165, 1.54) is 0 Å². The van der Waals surface area contributed by atoms with Crippen LogP contribution in [0.2, 0.25) is 0 Å². The summed E-state index contributed by atoms with van der Waals surface area (Å²) in [6.45, 7) is 0. The second-order valence-electron chi connectivity index (χ2n) is 2.60. The van der Waals surface area contributed by atoms with Crippen LogP contribution in [0.3, 0.4) is 0 Å². The standard InChI is InChI=1S/C7H8F2N2O3S/c1-14-4-2-11-3-5(15(10,12)13)6(4)7(8)9/h2-3,7H,1H3,(H2,10,12,13). The second kappa shape index (κ2) is 4.07. The Bertz CT molecular complexity index is 461. The molecule has 0 spiro atoms. The van der Waals surface area contributed by atoms with Crippen LogP contribution < -0.4 is 9.88 Å². The van der Waals surface area contributed by atoms with E-state index in [1.807, 2.05) is 0 Å². The van der Waals surface area contributed by atoms with Crippen LogP contribution in [0.1, 0.15) is 12.0 Å². The van der Waals surface area contributed by atoms with Crippen molar-refractivity contribution in [1.82, 2.24) is 4.98 Å². The largest absolute Gasteiger partial charge is 0.495 e. The average molecular weight is 238 g/mol. The molecule has 2 N–H and O–H groups in total. The van der Waals surface area contributed by atoms with Gasteiger partial charge in [-0.3, -0.25) is 4.98 Å². The molecule has 0 atom stereocenters. The zero-order valence-corrected chi connectivity index (χ0v) is 8.46. The number of hydrogen-bond acceptors (Lipinski definition) is 4. The Hall–Kier alpha value is -1.28. The molecule has 0 unspecified atom stereocenters. The molecule has 0 aliphatic heterocycles. The molecule has 8 heteroatoms. The number of primary sulfonamides is 1. The van der Waals surface area contributed by atoms with E-state index >= 15 is 0 Å². The molecular weight excluding hydrogens is 230 g/mol. The number of ether oxygens (including phenoxy) is 1. The van der Waals surface area contributed by atoms with E-state index in [0.29, 0.717) is 0 Å². The molecule has 0 saturated heterocycles. The zero-order valence-electron chi connectivity index (χ0n) is 7.65. The minimum Gasteiger partial charge on any atom is -0.495 e. The lowest BCUT2D eigenvalue weighted by atomic mass is 10.2. The first-order chi connectivity index (χ1) is 6.88. The van der Waals surface area contributed by atoms with Gasteiger partial charge in [-0.15, -0.1) is 0 Å². The molecule has 0 aliphatic rings. The minimum atomic E-state index is -4.23. The van der Waals surface area contributed by atoms with Crippen LogP contribution in [0.15, 0.2) is 17.3 Å². The third-order valence-corrected chi connectivity index (χ3v) is 2.60. The van der Waals surface area contributed by atoms with E-state index in [-0.39, 0.29) is 5.75 Å². The number of sulfonamides is 1. The summed E-state index contributed by atoms with van der Waals surface area (Å²) < 4.78 is 51.7. The van der Waals surface area contributed by atoms with Crippen LogP contribution in [0, 0.1) is 0 Å². The SMILES string of the molecule is COc1cncc(S(N)(=O)=O)c1C(F)F. The topological polar surface area (TPSA) is 82.3 Å². The van der Waals surface area contributed by atoms with Gasteiger partial charge in [0.05, 0.1) is 18.9 Å². The Labute approximate surface area is 84.9 Å². The van der Waals surface area contributed by atoms with Crippen molar-refractivity contribution in [2.75, 3.05) is 7.11 Å². The lowest BCUT2D eigenvalue weighted by Crippen LogP contribution is -2.15. The number of pyridine rings is 1. The predicted octanol–water partition coefficient (Wildman–Crippen LogP) is 0.675. The number of methoxy groups -OCH3 is 1. The van der Waals surface area contributed by atoms with Crippen LogP contribution in [0.4, 0.5) is 8.78 Å². The molecule has 0 radical (unpaired) electrons. The molecule has 1 heterocycles. The Balaban J connectivity index is 3.53. The van der Waals surface area contributed by atoms with E-state index in [2.05, 4.69) is 9.72 Å². The van der Waals surface area contributed by atoms with Crippen molar-refractivity contribution in [3.8, 4) is 5.75 Å². The molecular formula is C7H8F2N2O3S. The summed E-state index contributed by atoms with van der Waals surface area (Å²) in [6, 6.07) is 0. The van der Waals surface area contributed by atoms with E-state index in [4.69, 9.17) is 5.14 Å². The molecule has 84 valence electrons. The van der Waals surface area contributed by atoms with Crippen molar-refractivity contribution >= 4 is 10.0 Å². The summed E-state index contributed by atoms with van der Waals surface area (Å²) in [5.41, 5.74) is -0.769.